The van der Waals surface area contributed by atoms with Gasteiger partial charge in [0.1, 0.15) is 11.9 Å². The maximum atomic E-state index is 13.0. The van der Waals surface area contributed by atoms with E-state index in [0.29, 0.717) is 38.4 Å². The van der Waals surface area contributed by atoms with Crippen molar-refractivity contribution in [2.75, 3.05) is 43.1 Å². The Labute approximate surface area is 145 Å². The van der Waals surface area contributed by atoms with Crippen LogP contribution < -0.4 is 10.2 Å². The number of rotatable bonds is 6. The SMILES string of the molecule is CSCC[C@H](NC(=O)N1CCN(c2ccc(F)cc2)CC1)C(=O)O. The highest BCUT2D eigenvalue weighted by molar-refractivity contribution is 7.98. The fourth-order valence-corrected chi connectivity index (χ4v) is 3.02. The van der Waals surface area contributed by atoms with Gasteiger partial charge in [0.05, 0.1) is 0 Å². The topological polar surface area (TPSA) is 72.9 Å². The number of piperazine rings is 1. The molecule has 1 saturated heterocycles. The third-order valence-corrected chi connectivity index (χ3v) is 4.61. The molecule has 2 N–H and O–H groups in total. The molecule has 1 heterocycles. The molecular weight excluding hydrogens is 333 g/mol. The number of benzene rings is 1. The average Bonchev–Trinajstić information content (AvgIpc) is 2.59. The molecule has 1 aliphatic heterocycles. The number of aliphatic carboxylic acids is 1. The van der Waals surface area contributed by atoms with Crippen molar-refractivity contribution in [2.45, 2.75) is 12.5 Å². The number of carbonyl (C=O) groups excluding carboxylic acids is 1. The third-order valence-electron chi connectivity index (χ3n) is 3.97. The minimum atomic E-state index is -1.01. The Hall–Kier alpha value is -1.96. The number of anilines is 1. The van der Waals surface area contributed by atoms with E-state index in [0.717, 1.165) is 5.69 Å². The van der Waals surface area contributed by atoms with Crippen LogP contribution in [0.2, 0.25) is 0 Å². The number of nitrogens with one attached hydrogen (secondary N) is 1. The molecule has 1 fully saturated rings. The van der Waals surface area contributed by atoms with E-state index in [4.69, 9.17) is 0 Å². The lowest BCUT2D eigenvalue weighted by molar-refractivity contribution is -0.139. The molecule has 0 saturated carbocycles. The summed E-state index contributed by atoms with van der Waals surface area (Å²) >= 11 is 1.55. The monoisotopic (exact) mass is 355 g/mol. The summed E-state index contributed by atoms with van der Waals surface area (Å²) in [5, 5.41) is 11.8. The Balaban J connectivity index is 1.85. The van der Waals surface area contributed by atoms with E-state index in [1.165, 1.54) is 12.1 Å². The molecule has 1 aromatic rings. The van der Waals surface area contributed by atoms with Gasteiger partial charge in [0.15, 0.2) is 0 Å². The molecule has 0 radical (unpaired) electrons. The summed E-state index contributed by atoms with van der Waals surface area (Å²) in [6, 6.07) is 5.05. The van der Waals surface area contributed by atoms with E-state index in [9.17, 15) is 19.1 Å². The Morgan fingerprint density at radius 3 is 2.42 bits per heavy atom. The lowest BCUT2D eigenvalue weighted by atomic mass is 10.2. The average molecular weight is 355 g/mol. The van der Waals surface area contributed by atoms with E-state index in [1.54, 1.807) is 28.8 Å². The van der Waals surface area contributed by atoms with Gasteiger partial charge in [-0.2, -0.15) is 11.8 Å². The van der Waals surface area contributed by atoms with Crippen molar-refractivity contribution in [3.05, 3.63) is 30.1 Å². The summed E-state index contributed by atoms with van der Waals surface area (Å²) in [7, 11) is 0. The highest BCUT2D eigenvalue weighted by Crippen LogP contribution is 2.17. The number of halogens is 1. The number of carboxylic acid groups (broad SMARTS) is 1. The van der Waals surface area contributed by atoms with Gasteiger partial charge in [-0.05, 0) is 42.7 Å². The lowest BCUT2D eigenvalue weighted by Gasteiger charge is -2.36. The largest absolute Gasteiger partial charge is 0.480 e. The van der Waals surface area contributed by atoms with Gasteiger partial charge in [-0.15, -0.1) is 0 Å². The first-order chi connectivity index (χ1) is 11.5. The van der Waals surface area contributed by atoms with Crippen LogP contribution in [0, 0.1) is 5.82 Å². The number of carboxylic acids is 1. The molecule has 2 amide bonds. The third kappa shape index (κ3) is 5.02. The lowest BCUT2D eigenvalue weighted by Crippen LogP contribution is -2.54. The van der Waals surface area contributed by atoms with Gasteiger partial charge >= 0.3 is 12.0 Å². The standard InChI is InChI=1S/C16H22FN3O3S/c1-24-11-6-14(15(21)22)18-16(23)20-9-7-19(8-10-20)13-4-2-12(17)3-5-13/h2-5,14H,6-11H2,1H3,(H,18,23)(H,21,22)/t14-/m0/s1. The van der Waals surface area contributed by atoms with Gasteiger partial charge in [-0.25, -0.2) is 14.0 Å². The summed E-state index contributed by atoms with van der Waals surface area (Å²) in [4.78, 5) is 27.1. The molecule has 1 aliphatic rings. The second-order valence-electron chi connectivity index (χ2n) is 5.57. The Morgan fingerprint density at radius 1 is 1.25 bits per heavy atom. The Morgan fingerprint density at radius 2 is 1.88 bits per heavy atom. The number of carbonyl (C=O) groups is 2. The van der Waals surface area contributed by atoms with Gasteiger partial charge < -0.3 is 20.2 Å². The first kappa shape index (κ1) is 18.4. The van der Waals surface area contributed by atoms with Gasteiger partial charge in [-0.3, -0.25) is 0 Å². The van der Waals surface area contributed by atoms with Gasteiger partial charge in [-0.1, -0.05) is 0 Å². The molecule has 0 unspecified atom stereocenters. The predicted octanol–water partition coefficient (Wildman–Crippen LogP) is 1.86. The fraction of sp³-hybridized carbons (Fsp3) is 0.500. The smallest absolute Gasteiger partial charge is 0.326 e. The van der Waals surface area contributed by atoms with Crippen molar-refractivity contribution in [2.24, 2.45) is 0 Å². The number of hydrogen-bond acceptors (Lipinski definition) is 4. The molecule has 1 aromatic carbocycles. The van der Waals surface area contributed by atoms with E-state index >= 15 is 0 Å². The van der Waals surface area contributed by atoms with E-state index in [-0.39, 0.29) is 11.8 Å². The fourth-order valence-electron chi connectivity index (χ4n) is 2.55. The highest BCUT2D eigenvalue weighted by Gasteiger charge is 2.25. The quantitative estimate of drug-likeness (QED) is 0.815. The zero-order valence-electron chi connectivity index (χ0n) is 13.6. The molecule has 6 nitrogen and oxygen atoms in total. The molecule has 0 bridgehead atoms. The van der Waals surface area contributed by atoms with E-state index < -0.39 is 12.0 Å². The van der Waals surface area contributed by atoms with Gasteiger partial charge in [0.25, 0.3) is 0 Å². The molecule has 0 aliphatic carbocycles. The molecule has 8 heteroatoms. The maximum Gasteiger partial charge on any atom is 0.326 e. The van der Waals surface area contributed by atoms with Crippen LogP contribution in [0.5, 0.6) is 0 Å². The minimum Gasteiger partial charge on any atom is -0.480 e. The zero-order chi connectivity index (χ0) is 17.5. The number of thioether (sulfide) groups is 1. The number of amides is 2. The van der Waals surface area contributed by atoms with Crippen molar-refractivity contribution in [1.29, 1.82) is 0 Å². The van der Waals surface area contributed by atoms with Gasteiger partial charge in [0, 0.05) is 31.9 Å². The molecule has 1 atom stereocenters. The summed E-state index contributed by atoms with van der Waals surface area (Å²) in [5.41, 5.74) is 0.917. The predicted molar refractivity (Wildman–Crippen MR) is 93.1 cm³/mol. The van der Waals surface area contributed by atoms with Crippen molar-refractivity contribution in [3.63, 3.8) is 0 Å². The normalized spacial score (nSPS) is 15.9. The second kappa shape index (κ2) is 8.77. The second-order valence-corrected chi connectivity index (χ2v) is 6.56. The van der Waals surface area contributed by atoms with Gasteiger partial charge in [0.2, 0.25) is 0 Å². The van der Waals surface area contributed by atoms with Crippen LogP contribution in [0.15, 0.2) is 24.3 Å². The van der Waals surface area contributed by atoms with Crippen LogP contribution in [0.1, 0.15) is 6.42 Å². The van der Waals surface area contributed by atoms with E-state index in [2.05, 4.69) is 10.2 Å². The Kier molecular flexibility index (Phi) is 6.72. The van der Waals surface area contributed by atoms with E-state index in [1.807, 2.05) is 6.26 Å². The molecule has 24 heavy (non-hydrogen) atoms. The van der Waals surface area contributed by atoms with Crippen LogP contribution in [0.3, 0.4) is 0 Å². The first-order valence-electron chi connectivity index (χ1n) is 7.79. The number of urea groups is 1. The van der Waals surface area contributed by atoms with Crippen LogP contribution >= 0.6 is 11.8 Å². The van der Waals surface area contributed by atoms with Crippen LogP contribution in [0.4, 0.5) is 14.9 Å². The minimum absolute atomic E-state index is 0.276. The summed E-state index contributed by atoms with van der Waals surface area (Å²) in [5.74, 6) is -0.612. The van der Waals surface area contributed by atoms with Crippen molar-refractivity contribution in [1.82, 2.24) is 10.2 Å². The zero-order valence-corrected chi connectivity index (χ0v) is 14.4. The van der Waals surface area contributed by atoms with Crippen molar-refractivity contribution < 1.29 is 19.1 Å². The summed E-state index contributed by atoms with van der Waals surface area (Å²) in [6.45, 7) is 2.25. The highest BCUT2D eigenvalue weighted by atomic mass is 32.2. The van der Waals surface area contributed by atoms with Crippen molar-refractivity contribution in [3.8, 4) is 0 Å². The van der Waals surface area contributed by atoms with Crippen LogP contribution in [-0.4, -0.2) is 66.2 Å². The molecule has 0 spiro atoms. The summed E-state index contributed by atoms with van der Waals surface area (Å²) < 4.78 is 13.0. The maximum absolute atomic E-state index is 13.0. The molecular formula is C16H22FN3O3S. The summed E-state index contributed by atoms with van der Waals surface area (Å²) in [6.07, 6.45) is 2.30. The molecule has 2 rings (SSSR count). The number of hydrogen-bond donors (Lipinski definition) is 2. The molecule has 132 valence electrons. The van der Waals surface area contributed by atoms with Crippen molar-refractivity contribution >= 4 is 29.4 Å². The van der Waals surface area contributed by atoms with Crippen LogP contribution in [-0.2, 0) is 4.79 Å². The Bertz CT molecular complexity index is 562. The molecule has 0 aromatic heterocycles. The number of nitrogens with zero attached hydrogens (tertiary/aromatic N) is 2. The van der Waals surface area contributed by atoms with Crippen LogP contribution in [0.25, 0.3) is 0 Å². The first-order valence-corrected chi connectivity index (χ1v) is 9.18.